The fourth-order valence-electron chi connectivity index (χ4n) is 1.21. The molecule has 0 aliphatic carbocycles. The summed E-state index contributed by atoms with van der Waals surface area (Å²) in [6, 6.07) is 2.68. The van der Waals surface area contributed by atoms with Gasteiger partial charge in [0, 0.05) is 32.3 Å². The van der Waals surface area contributed by atoms with Gasteiger partial charge in [-0.2, -0.15) is 5.26 Å². The second kappa shape index (κ2) is 7.94. The van der Waals surface area contributed by atoms with Crippen LogP contribution in [0.15, 0.2) is 0 Å². The number of nitrogens with zero attached hydrogens (tertiary/aromatic N) is 1. The summed E-state index contributed by atoms with van der Waals surface area (Å²) in [5.41, 5.74) is 0. The summed E-state index contributed by atoms with van der Waals surface area (Å²) in [6.07, 6.45) is 0.423. The molecule has 0 rings (SSSR count). The predicted octanol–water partition coefficient (Wildman–Crippen LogP) is 1.95. The van der Waals surface area contributed by atoms with E-state index >= 15 is 0 Å². The Morgan fingerprint density at radius 2 is 1.43 bits per heavy atom. The smallest absolute Gasteiger partial charge is 0.374 e. The van der Waals surface area contributed by atoms with E-state index in [9.17, 15) is 0 Å². The Kier molecular flexibility index (Phi) is 7.71. The number of nitriles is 1. The zero-order valence-corrected chi connectivity index (χ0v) is 10.2. The van der Waals surface area contributed by atoms with Gasteiger partial charge in [-0.3, -0.25) is 0 Å². The monoisotopic (exact) mass is 217 g/mol. The topological polar surface area (TPSA) is 51.5 Å². The molecule has 0 aliphatic rings. The molecule has 0 saturated carbocycles. The summed E-state index contributed by atoms with van der Waals surface area (Å²) in [7, 11) is -2.54. The first kappa shape index (κ1) is 13.6. The molecule has 5 heteroatoms. The van der Waals surface area contributed by atoms with E-state index in [-0.39, 0.29) is 0 Å². The van der Waals surface area contributed by atoms with E-state index in [4.69, 9.17) is 18.5 Å². The highest BCUT2D eigenvalue weighted by Crippen LogP contribution is 2.17. The molecule has 0 N–H and O–H groups in total. The first-order valence-electron chi connectivity index (χ1n) is 5.03. The maximum Gasteiger partial charge on any atom is 0.501 e. The van der Waals surface area contributed by atoms with Crippen molar-refractivity contribution in [2.75, 3.05) is 19.8 Å². The minimum atomic E-state index is -2.54. The molecular formula is C9H19NO3Si. The average molecular weight is 217 g/mol. The Labute approximate surface area is 87.1 Å². The molecular weight excluding hydrogens is 198 g/mol. The van der Waals surface area contributed by atoms with Crippen LogP contribution >= 0.6 is 0 Å². The molecule has 0 aromatic rings. The molecule has 0 aromatic heterocycles. The van der Waals surface area contributed by atoms with Crippen molar-refractivity contribution >= 4 is 8.80 Å². The maximum atomic E-state index is 8.54. The molecule has 0 aromatic carbocycles. The second-order valence-corrected chi connectivity index (χ2v) is 5.37. The second-order valence-electron chi connectivity index (χ2n) is 2.64. The lowest BCUT2D eigenvalue weighted by Crippen LogP contribution is -2.45. The minimum absolute atomic E-state index is 0.423. The summed E-state index contributed by atoms with van der Waals surface area (Å²) in [5.74, 6) is 0. The molecule has 0 heterocycles. The van der Waals surface area contributed by atoms with Gasteiger partial charge in [0.2, 0.25) is 0 Å². The fourth-order valence-corrected chi connectivity index (χ4v) is 3.63. The van der Waals surface area contributed by atoms with Crippen molar-refractivity contribution in [2.24, 2.45) is 0 Å². The van der Waals surface area contributed by atoms with Crippen molar-refractivity contribution in [3.63, 3.8) is 0 Å². The molecule has 82 valence electrons. The van der Waals surface area contributed by atoms with Crippen LogP contribution in [0.3, 0.4) is 0 Å². The van der Waals surface area contributed by atoms with Gasteiger partial charge in [-0.05, 0) is 20.8 Å². The molecule has 0 aliphatic heterocycles. The van der Waals surface area contributed by atoms with Crippen LogP contribution in [-0.2, 0) is 13.3 Å². The highest BCUT2D eigenvalue weighted by Gasteiger charge is 2.39. The van der Waals surface area contributed by atoms with E-state index in [2.05, 4.69) is 6.07 Å². The Hall–Kier alpha value is -0.413. The summed E-state index contributed by atoms with van der Waals surface area (Å²) < 4.78 is 16.7. The van der Waals surface area contributed by atoms with Gasteiger partial charge in [0.1, 0.15) is 0 Å². The Balaban J connectivity index is 4.30. The summed E-state index contributed by atoms with van der Waals surface area (Å²) in [4.78, 5) is 0. The average Bonchev–Trinajstić information content (AvgIpc) is 2.16. The van der Waals surface area contributed by atoms with Crippen LogP contribution in [-0.4, -0.2) is 28.6 Å². The van der Waals surface area contributed by atoms with Gasteiger partial charge >= 0.3 is 8.80 Å². The summed E-state index contributed by atoms with van der Waals surface area (Å²) in [5, 5.41) is 8.54. The standard InChI is InChI=1S/C9H19NO3Si/c1-4-11-14(12-5-2,13-6-3)9-7-8-10/h4-7,9H2,1-3H3. The molecule has 0 radical (unpaired) electrons. The van der Waals surface area contributed by atoms with Gasteiger partial charge in [0.15, 0.2) is 0 Å². The van der Waals surface area contributed by atoms with Gasteiger partial charge in [0.25, 0.3) is 0 Å². The van der Waals surface area contributed by atoms with Crippen molar-refractivity contribution in [3.8, 4) is 6.07 Å². The normalized spacial score (nSPS) is 11.3. The van der Waals surface area contributed by atoms with Gasteiger partial charge in [0.05, 0.1) is 6.07 Å². The van der Waals surface area contributed by atoms with Crippen LogP contribution < -0.4 is 0 Å². The molecule has 0 amide bonds. The molecule has 0 saturated heterocycles. The molecule has 4 nitrogen and oxygen atoms in total. The highest BCUT2D eigenvalue weighted by atomic mass is 28.4. The summed E-state index contributed by atoms with van der Waals surface area (Å²) >= 11 is 0. The highest BCUT2D eigenvalue weighted by molar-refractivity contribution is 6.60. The van der Waals surface area contributed by atoms with E-state index in [1.807, 2.05) is 20.8 Å². The lowest BCUT2D eigenvalue weighted by atomic mass is 10.6. The third kappa shape index (κ3) is 4.72. The first-order valence-corrected chi connectivity index (χ1v) is 6.96. The molecule has 0 spiro atoms. The first-order chi connectivity index (χ1) is 6.74. The van der Waals surface area contributed by atoms with E-state index < -0.39 is 8.80 Å². The largest absolute Gasteiger partial charge is 0.501 e. The van der Waals surface area contributed by atoms with Crippen LogP contribution in [0.4, 0.5) is 0 Å². The zero-order valence-electron chi connectivity index (χ0n) is 9.21. The van der Waals surface area contributed by atoms with E-state index in [1.54, 1.807) is 0 Å². The maximum absolute atomic E-state index is 8.54. The van der Waals surface area contributed by atoms with Crippen molar-refractivity contribution in [1.82, 2.24) is 0 Å². The van der Waals surface area contributed by atoms with Gasteiger partial charge in [-0.15, -0.1) is 0 Å². The third-order valence-electron chi connectivity index (χ3n) is 1.64. The Morgan fingerprint density at radius 1 is 1.00 bits per heavy atom. The van der Waals surface area contributed by atoms with E-state index in [1.165, 1.54) is 0 Å². The van der Waals surface area contributed by atoms with Crippen LogP contribution in [0, 0.1) is 11.3 Å². The third-order valence-corrected chi connectivity index (χ3v) is 4.68. The van der Waals surface area contributed by atoms with Crippen molar-refractivity contribution < 1.29 is 13.3 Å². The lowest BCUT2D eigenvalue weighted by Gasteiger charge is -2.27. The number of hydrogen-bond acceptors (Lipinski definition) is 4. The van der Waals surface area contributed by atoms with E-state index in [0.717, 1.165) is 0 Å². The quantitative estimate of drug-likeness (QED) is 0.583. The fraction of sp³-hybridized carbons (Fsp3) is 0.889. The lowest BCUT2D eigenvalue weighted by molar-refractivity contribution is 0.0717. The molecule has 0 bridgehead atoms. The van der Waals surface area contributed by atoms with Crippen LogP contribution in [0.25, 0.3) is 0 Å². The SMILES string of the molecule is CCO[Si](CCC#N)(OCC)OCC. The molecule has 0 fully saturated rings. The molecule has 0 unspecified atom stereocenters. The Morgan fingerprint density at radius 3 is 1.71 bits per heavy atom. The minimum Gasteiger partial charge on any atom is -0.374 e. The van der Waals surface area contributed by atoms with Crippen molar-refractivity contribution in [3.05, 3.63) is 0 Å². The summed E-state index contributed by atoms with van der Waals surface area (Å²) in [6.45, 7) is 7.43. The van der Waals surface area contributed by atoms with Gasteiger partial charge in [-0.25, -0.2) is 0 Å². The molecule has 14 heavy (non-hydrogen) atoms. The van der Waals surface area contributed by atoms with Gasteiger partial charge in [-0.1, -0.05) is 0 Å². The molecule has 0 atom stereocenters. The van der Waals surface area contributed by atoms with Crippen LogP contribution in [0.5, 0.6) is 0 Å². The van der Waals surface area contributed by atoms with Crippen molar-refractivity contribution in [1.29, 1.82) is 5.26 Å². The van der Waals surface area contributed by atoms with Crippen molar-refractivity contribution in [2.45, 2.75) is 33.2 Å². The van der Waals surface area contributed by atoms with Crippen LogP contribution in [0.2, 0.25) is 6.04 Å². The zero-order chi connectivity index (χ0) is 10.9. The Bertz CT molecular complexity index is 164. The van der Waals surface area contributed by atoms with E-state index in [0.29, 0.717) is 32.3 Å². The van der Waals surface area contributed by atoms with Gasteiger partial charge < -0.3 is 13.3 Å². The predicted molar refractivity (Wildman–Crippen MR) is 55.7 cm³/mol. The van der Waals surface area contributed by atoms with Crippen LogP contribution in [0.1, 0.15) is 27.2 Å². The number of hydrogen-bond donors (Lipinski definition) is 0. The number of rotatable bonds is 8.